The van der Waals surface area contributed by atoms with E-state index in [0.29, 0.717) is 24.7 Å². The van der Waals surface area contributed by atoms with E-state index in [1.165, 1.54) is 0 Å². The minimum absolute atomic E-state index is 0.0951. The summed E-state index contributed by atoms with van der Waals surface area (Å²) < 4.78 is 17.3. The molecule has 0 fully saturated rings. The lowest BCUT2D eigenvalue weighted by Gasteiger charge is -2.18. The fourth-order valence-electron chi connectivity index (χ4n) is 2.91. The third-order valence-corrected chi connectivity index (χ3v) is 5.92. The summed E-state index contributed by atoms with van der Waals surface area (Å²) in [5.74, 6) is 1.09. The molecule has 0 aliphatic carbocycles. The number of carbonyl (C=O) groups is 1. The van der Waals surface area contributed by atoms with Gasteiger partial charge in [-0.25, -0.2) is 9.78 Å². The number of aryl methyl sites for hydroxylation is 2. The van der Waals surface area contributed by atoms with Crippen molar-refractivity contribution in [1.29, 1.82) is 0 Å². The molecule has 7 heteroatoms. The van der Waals surface area contributed by atoms with Crippen LogP contribution < -0.4 is 4.74 Å². The molecule has 3 aromatic rings. The zero-order valence-corrected chi connectivity index (χ0v) is 18.5. The van der Waals surface area contributed by atoms with Crippen LogP contribution in [0, 0.1) is 13.8 Å². The van der Waals surface area contributed by atoms with Crippen molar-refractivity contribution in [3.8, 4) is 16.5 Å². The van der Waals surface area contributed by atoms with Crippen LogP contribution in [-0.4, -0.2) is 28.3 Å². The first-order chi connectivity index (χ1) is 14.4. The van der Waals surface area contributed by atoms with E-state index < -0.39 is 12.1 Å². The molecule has 1 N–H and O–H groups in total. The molecule has 0 saturated heterocycles. The summed E-state index contributed by atoms with van der Waals surface area (Å²) in [6.45, 7) is 8.06. The number of hydrogen-bond acceptors (Lipinski definition) is 6. The SMILES string of the molecule is CCC(C)OC(Cc1ccc(OCc2nc(-c3sccc3C)oc2C)cc1)C(=O)O. The van der Waals surface area contributed by atoms with Crippen LogP contribution in [0.1, 0.15) is 42.8 Å². The molecule has 1 aromatic carbocycles. The molecule has 2 unspecified atom stereocenters. The van der Waals surface area contributed by atoms with Gasteiger partial charge in [-0.2, -0.15) is 0 Å². The van der Waals surface area contributed by atoms with E-state index in [1.807, 2.05) is 63.4 Å². The molecule has 2 aromatic heterocycles. The molecule has 160 valence electrons. The molecule has 0 amide bonds. The van der Waals surface area contributed by atoms with Crippen LogP contribution in [0.5, 0.6) is 5.75 Å². The Morgan fingerprint density at radius 3 is 2.57 bits per heavy atom. The van der Waals surface area contributed by atoms with Crippen molar-refractivity contribution >= 4 is 17.3 Å². The summed E-state index contributed by atoms with van der Waals surface area (Å²) >= 11 is 1.60. The highest BCUT2D eigenvalue weighted by Gasteiger charge is 2.21. The Labute approximate surface area is 180 Å². The molecule has 0 aliphatic rings. The number of carboxylic acid groups (broad SMARTS) is 1. The highest BCUT2D eigenvalue weighted by Crippen LogP contribution is 2.30. The number of oxazole rings is 1. The van der Waals surface area contributed by atoms with Gasteiger partial charge in [-0.15, -0.1) is 11.3 Å². The fraction of sp³-hybridized carbons (Fsp3) is 0.391. The molecule has 30 heavy (non-hydrogen) atoms. The third kappa shape index (κ3) is 5.49. The molecule has 0 saturated carbocycles. The number of rotatable bonds is 10. The molecule has 0 radical (unpaired) electrons. The Morgan fingerprint density at radius 1 is 1.23 bits per heavy atom. The average Bonchev–Trinajstić information content (AvgIpc) is 3.31. The first-order valence-corrected chi connectivity index (χ1v) is 10.9. The maximum Gasteiger partial charge on any atom is 0.333 e. The van der Waals surface area contributed by atoms with Gasteiger partial charge in [-0.05, 0) is 61.9 Å². The minimum Gasteiger partial charge on any atom is -0.487 e. The van der Waals surface area contributed by atoms with Gasteiger partial charge in [0.05, 0.1) is 11.0 Å². The van der Waals surface area contributed by atoms with Crippen LogP contribution in [0.4, 0.5) is 0 Å². The van der Waals surface area contributed by atoms with E-state index in [0.717, 1.165) is 33.9 Å². The van der Waals surface area contributed by atoms with Crippen molar-refractivity contribution in [3.63, 3.8) is 0 Å². The quantitative estimate of drug-likeness (QED) is 0.464. The number of nitrogens with zero attached hydrogens (tertiary/aromatic N) is 1. The lowest BCUT2D eigenvalue weighted by atomic mass is 10.1. The second-order valence-corrected chi connectivity index (χ2v) is 8.19. The maximum atomic E-state index is 11.5. The van der Waals surface area contributed by atoms with Crippen LogP contribution >= 0.6 is 11.3 Å². The predicted molar refractivity (Wildman–Crippen MR) is 116 cm³/mol. The lowest BCUT2D eigenvalue weighted by Crippen LogP contribution is -2.30. The molecule has 0 aliphatic heterocycles. The average molecular weight is 430 g/mol. The van der Waals surface area contributed by atoms with Crippen molar-refractivity contribution in [3.05, 3.63) is 58.3 Å². The van der Waals surface area contributed by atoms with Gasteiger partial charge in [0.2, 0.25) is 5.89 Å². The highest BCUT2D eigenvalue weighted by atomic mass is 32.1. The highest BCUT2D eigenvalue weighted by molar-refractivity contribution is 7.13. The zero-order chi connectivity index (χ0) is 21.7. The van der Waals surface area contributed by atoms with Crippen LogP contribution in [0.25, 0.3) is 10.8 Å². The summed E-state index contributed by atoms with van der Waals surface area (Å²) in [5, 5.41) is 11.4. The van der Waals surface area contributed by atoms with Gasteiger partial charge >= 0.3 is 5.97 Å². The van der Waals surface area contributed by atoms with Crippen LogP contribution in [0.15, 0.2) is 40.1 Å². The Morgan fingerprint density at radius 2 is 1.97 bits per heavy atom. The normalized spacial score (nSPS) is 13.2. The maximum absolute atomic E-state index is 11.5. The van der Waals surface area contributed by atoms with E-state index in [1.54, 1.807) is 11.3 Å². The van der Waals surface area contributed by atoms with E-state index in [2.05, 4.69) is 4.98 Å². The Balaban J connectivity index is 1.60. The molecule has 3 rings (SSSR count). The minimum atomic E-state index is -0.950. The standard InChI is InChI=1S/C23H27NO5S/c1-5-15(3)28-20(23(25)26)12-17-6-8-18(9-7-17)27-13-19-16(4)29-22(24-19)21-14(2)10-11-30-21/h6-11,15,20H,5,12-13H2,1-4H3,(H,25,26). The van der Waals surface area contributed by atoms with Crippen molar-refractivity contribution in [2.45, 2.75) is 59.4 Å². The molecular weight excluding hydrogens is 402 g/mol. The molecule has 2 heterocycles. The van der Waals surface area contributed by atoms with Crippen molar-refractivity contribution in [2.75, 3.05) is 0 Å². The Hall–Kier alpha value is -2.64. The number of hydrogen-bond donors (Lipinski definition) is 1. The predicted octanol–water partition coefficient (Wildman–Crippen LogP) is 5.41. The van der Waals surface area contributed by atoms with Crippen LogP contribution in [-0.2, 0) is 22.6 Å². The number of ether oxygens (including phenoxy) is 2. The first kappa shape index (κ1) is 22.1. The Kier molecular flexibility index (Phi) is 7.29. The van der Waals surface area contributed by atoms with Gasteiger partial charge < -0.3 is 19.0 Å². The van der Waals surface area contributed by atoms with Gasteiger partial charge in [0.1, 0.15) is 23.8 Å². The van der Waals surface area contributed by atoms with Gasteiger partial charge in [0.25, 0.3) is 0 Å². The molecule has 6 nitrogen and oxygen atoms in total. The largest absolute Gasteiger partial charge is 0.487 e. The number of thiophene rings is 1. The molecule has 0 bridgehead atoms. The van der Waals surface area contributed by atoms with E-state index in [4.69, 9.17) is 13.9 Å². The topological polar surface area (TPSA) is 81.8 Å². The van der Waals surface area contributed by atoms with Gasteiger partial charge in [-0.1, -0.05) is 19.1 Å². The first-order valence-electron chi connectivity index (χ1n) is 9.98. The second kappa shape index (κ2) is 9.91. The smallest absolute Gasteiger partial charge is 0.333 e. The summed E-state index contributed by atoms with van der Waals surface area (Å²) in [6.07, 6.45) is 0.128. The summed E-state index contributed by atoms with van der Waals surface area (Å²) in [7, 11) is 0. The Bertz CT molecular complexity index is 976. The summed E-state index contributed by atoms with van der Waals surface area (Å²) in [6, 6.07) is 9.43. The van der Waals surface area contributed by atoms with Gasteiger partial charge in [-0.3, -0.25) is 0 Å². The van der Waals surface area contributed by atoms with Crippen molar-refractivity contribution in [2.24, 2.45) is 0 Å². The van der Waals surface area contributed by atoms with Crippen molar-refractivity contribution < 1.29 is 23.8 Å². The second-order valence-electron chi connectivity index (χ2n) is 7.27. The van der Waals surface area contributed by atoms with Gasteiger partial charge in [0, 0.05) is 6.42 Å². The van der Waals surface area contributed by atoms with Crippen LogP contribution in [0.3, 0.4) is 0 Å². The molecule has 2 atom stereocenters. The fourth-order valence-corrected chi connectivity index (χ4v) is 3.76. The van der Waals surface area contributed by atoms with E-state index >= 15 is 0 Å². The molecule has 0 spiro atoms. The number of benzene rings is 1. The summed E-state index contributed by atoms with van der Waals surface area (Å²) in [4.78, 5) is 17.1. The number of carboxylic acids is 1. The van der Waals surface area contributed by atoms with Crippen molar-refractivity contribution in [1.82, 2.24) is 4.98 Å². The molecular formula is C23H27NO5S. The zero-order valence-electron chi connectivity index (χ0n) is 17.7. The van der Waals surface area contributed by atoms with Crippen LogP contribution in [0.2, 0.25) is 0 Å². The monoisotopic (exact) mass is 429 g/mol. The summed E-state index contributed by atoms with van der Waals surface area (Å²) in [5.41, 5.74) is 2.78. The number of aromatic nitrogens is 1. The van der Waals surface area contributed by atoms with Gasteiger partial charge in [0.15, 0.2) is 6.10 Å². The lowest BCUT2D eigenvalue weighted by molar-refractivity contribution is -0.153. The number of aliphatic carboxylic acids is 1. The van der Waals surface area contributed by atoms with E-state index in [-0.39, 0.29) is 6.10 Å². The third-order valence-electron chi connectivity index (χ3n) is 4.92. The van der Waals surface area contributed by atoms with E-state index in [9.17, 15) is 9.90 Å².